The van der Waals surface area contributed by atoms with Crippen molar-refractivity contribution in [1.82, 2.24) is 0 Å². The SMILES string of the molecule is C=CCOC12Oc3ccc(Oc4ccc(-c5ccccc5)cc4)cc3C3C(CCCCO)C(CCCCO)C=C(C(=NOC)CC1Sc1ccc(NC(C)=O)cc1)C32. The van der Waals surface area contributed by atoms with E-state index < -0.39 is 5.79 Å². The molecule has 2 aliphatic carbocycles. The van der Waals surface area contributed by atoms with Gasteiger partial charge in [-0.1, -0.05) is 72.6 Å². The third-order valence-electron chi connectivity index (χ3n) is 11.5. The van der Waals surface area contributed by atoms with Crippen LogP contribution in [0.15, 0.2) is 131 Å². The number of aliphatic hydroxyl groups excluding tert-OH is 2. The number of unbranched alkanes of at least 4 members (excludes halogenated alkanes) is 2. The molecule has 6 unspecified atom stereocenters. The predicted molar refractivity (Wildman–Crippen MR) is 231 cm³/mol. The first kappa shape index (κ1) is 41.3. The first-order chi connectivity index (χ1) is 28.4. The number of nitrogens with one attached hydrogen (secondary N) is 1. The molecule has 1 fully saturated rings. The van der Waals surface area contributed by atoms with E-state index in [1.165, 1.54) is 6.92 Å². The molecule has 4 aromatic rings. The second-order valence-electron chi connectivity index (χ2n) is 15.2. The van der Waals surface area contributed by atoms with Crippen LogP contribution in [0, 0.1) is 17.8 Å². The number of aliphatic hydroxyl groups is 2. The standard InChI is InChI=1S/C48H54N2O7S/c1-4-28-55-48-45(58-39-23-18-36(19-24-39)49-32(2)53)31-43(50-54-3)41-29-35(14-8-10-26-51)40(15-9-11-27-52)46(47(41)48)42-30-38(22-25-44(42)57-48)56-37-20-16-34(17-21-37)33-12-6-5-7-13-33/h4-7,12-13,16-25,29-30,35,40,45-47,51-52H,1,8-11,14-15,26-28,31H2,2-3H3,(H,49,53). The van der Waals surface area contributed by atoms with Gasteiger partial charge in [-0.2, -0.15) is 0 Å². The molecule has 0 spiro atoms. The first-order valence-electron chi connectivity index (χ1n) is 20.4. The highest BCUT2D eigenvalue weighted by molar-refractivity contribution is 8.00. The van der Waals surface area contributed by atoms with Crippen molar-refractivity contribution in [3.8, 4) is 28.4 Å². The number of benzene rings is 4. The molecule has 1 saturated carbocycles. The topological polar surface area (TPSA) is 119 Å². The maximum Gasteiger partial charge on any atom is 0.231 e. The van der Waals surface area contributed by atoms with Crippen molar-refractivity contribution in [2.45, 2.75) is 73.7 Å². The number of amides is 1. The van der Waals surface area contributed by atoms with Crippen LogP contribution in [-0.4, -0.2) is 59.8 Å². The summed E-state index contributed by atoms with van der Waals surface area (Å²) in [7, 11) is 1.59. The van der Waals surface area contributed by atoms with Crippen molar-refractivity contribution in [1.29, 1.82) is 0 Å². The lowest BCUT2D eigenvalue weighted by molar-refractivity contribution is -0.223. The van der Waals surface area contributed by atoms with Gasteiger partial charge in [-0.25, -0.2) is 0 Å². The molecule has 0 aromatic heterocycles. The Labute approximate surface area is 346 Å². The minimum atomic E-state index is -1.12. The van der Waals surface area contributed by atoms with Crippen molar-refractivity contribution >= 4 is 29.1 Å². The Hall–Kier alpha value is -4.87. The summed E-state index contributed by atoms with van der Waals surface area (Å²) < 4.78 is 20.9. The molecule has 1 aliphatic heterocycles. The highest BCUT2D eigenvalue weighted by Gasteiger charge is 2.64. The van der Waals surface area contributed by atoms with Crippen LogP contribution in [0.4, 0.5) is 5.69 Å². The molecule has 0 saturated heterocycles. The van der Waals surface area contributed by atoms with E-state index in [0.717, 1.165) is 82.2 Å². The second-order valence-corrected chi connectivity index (χ2v) is 16.5. The van der Waals surface area contributed by atoms with E-state index in [0.29, 0.717) is 18.6 Å². The second kappa shape index (κ2) is 19.3. The number of oxime groups is 1. The maximum absolute atomic E-state index is 11.8. The largest absolute Gasteiger partial charge is 0.460 e. The average Bonchev–Trinajstić information content (AvgIpc) is 3.23. The molecule has 6 atom stereocenters. The van der Waals surface area contributed by atoms with Crippen LogP contribution in [-0.2, 0) is 14.4 Å². The zero-order valence-electron chi connectivity index (χ0n) is 33.3. The molecule has 4 aromatic carbocycles. The van der Waals surface area contributed by atoms with Gasteiger partial charge in [0.15, 0.2) is 0 Å². The number of hydrogen-bond acceptors (Lipinski definition) is 9. The van der Waals surface area contributed by atoms with Crippen LogP contribution < -0.4 is 14.8 Å². The van der Waals surface area contributed by atoms with E-state index in [-0.39, 0.29) is 54.6 Å². The fourth-order valence-corrected chi connectivity index (χ4v) is 10.4. The molecule has 1 amide bonds. The number of hydrogen-bond donors (Lipinski definition) is 3. The third kappa shape index (κ3) is 9.05. The summed E-state index contributed by atoms with van der Waals surface area (Å²) >= 11 is 1.67. The number of ether oxygens (including phenoxy) is 3. The van der Waals surface area contributed by atoms with Gasteiger partial charge < -0.3 is 34.6 Å². The zero-order chi connectivity index (χ0) is 40.5. The van der Waals surface area contributed by atoms with Gasteiger partial charge in [-0.3, -0.25) is 4.79 Å². The lowest BCUT2D eigenvalue weighted by Gasteiger charge is -2.58. The normalized spacial score (nSPS) is 23.8. The number of allylic oxidation sites excluding steroid dienone is 1. The third-order valence-corrected chi connectivity index (χ3v) is 12.8. The fourth-order valence-electron chi connectivity index (χ4n) is 9.06. The van der Waals surface area contributed by atoms with E-state index in [1.54, 1.807) is 24.9 Å². The van der Waals surface area contributed by atoms with Gasteiger partial charge in [0.1, 0.15) is 24.4 Å². The Kier molecular flexibility index (Phi) is 13.7. The number of carbonyl (C=O) groups is 1. The van der Waals surface area contributed by atoms with Crippen LogP contribution in [0.3, 0.4) is 0 Å². The summed E-state index contributed by atoms with van der Waals surface area (Å²) in [6.45, 7) is 6.09. The smallest absolute Gasteiger partial charge is 0.231 e. The number of rotatable bonds is 18. The summed E-state index contributed by atoms with van der Waals surface area (Å²) in [5, 5.41) is 27.0. The molecule has 304 valence electrons. The monoisotopic (exact) mass is 802 g/mol. The van der Waals surface area contributed by atoms with Gasteiger partial charge >= 0.3 is 0 Å². The van der Waals surface area contributed by atoms with Crippen LogP contribution in [0.5, 0.6) is 17.2 Å². The Morgan fingerprint density at radius 1 is 0.931 bits per heavy atom. The average molecular weight is 803 g/mol. The summed E-state index contributed by atoms with van der Waals surface area (Å²) in [5.41, 5.74) is 5.96. The lowest BCUT2D eigenvalue weighted by atomic mass is 9.56. The molecule has 3 N–H and O–H groups in total. The Bertz CT molecular complexity index is 2070. The number of thioether (sulfide) groups is 1. The number of carbonyl (C=O) groups excluding carboxylic acids is 1. The molecule has 0 bridgehead atoms. The highest BCUT2D eigenvalue weighted by Crippen LogP contribution is 2.63. The van der Waals surface area contributed by atoms with Crippen molar-refractivity contribution < 1.29 is 34.1 Å². The number of fused-ring (bicyclic) bond motifs is 2. The van der Waals surface area contributed by atoms with Crippen LogP contribution in [0.2, 0.25) is 0 Å². The van der Waals surface area contributed by atoms with Crippen LogP contribution >= 0.6 is 11.8 Å². The molecule has 0 radical (unpaired) electrons. The van der Waals surface area contributed by atoms with E-state index >= 15 is 0 Å². The number of anilines is 1. The molecule has 9 nitrogen and oxygen atoms in total. The molecule has 1 heterocycles. The summed E-state index contributed by atoms with van der Waals surface area (Å²) in [6, 6.07) is 32.4. The summed E-state index contributed by atoms with van der Waals surface area (Å²) in [6.07, 6.45) is 9.64. The molecule has 58 heavy (non-hydrogen) atoms. The molecule has 10 heteroatoms. The van der Waals surface area contributed by atoms with E-state index in [2.05, 4.69) is 48.3 Å². The fraction of sp³-hybridized carbons (Fsp3) is 0.375. The van der Waals surface area contributed by atoms with Gasteiger partial charge in [-0.05, 0) is 109 Å². The Morgan fingerprint density at radius 3 is 2.33 bits per heavy atom. The molecular weight excluding hydrogens is 749 g/mol. The molecule has 7 rings (SSSR count). The van der Waals surface area contributed by atoms with Crippen molar-refractivity contribution in [2.24, 2.45) is 22.9 Å². The van der Waals surface area contributed by atoms with Gasteiger partial charge in [0, 0.05) is 48.6 Å². The van der Waals surface area contributed by atoms with Crippen molar-refractivity contribution in [3.63, 3.8) is 0 Å². The van der Waals surface area contributed by atoms with Gasteiger partial charge in [0.2, 0.25) is 11.7 Å². The molecular formula is C48H54N2O7S. The predicted octanol–water partition coefficient (Wildman–Crippen LogP) is 10.2. The summed E-state index contributed by atoms with van der Waals surface area (Å²) in [5.74, 6) is 0.951. The lowest BCUT2D eigenvalue weighted by Crippen LogP contribution is -2.64. The van der Waals surface area contributed by atoms with E-state index in [1.807, 2.05) is 66.7 Å². The van der Waals surface area contributed by atoms with Gasteiger partial charge in [-0.15, -0.1) is 18.3 Å². The van der Waals surface area contributed by atoms with E-state index in [4.69, 9.17) is 24.2 Å². The maximum atomic E-state index is 11.8. The van der Waals surface area contributed by atoms with Gasteiger partial charge in [0.05, 0.1) is 23.5 Å². The highest BCUT2D eigenvalue weighted by atomic mass is 32.2. The van der Waals surface area contributed by atoms with Crippen LogP contribution in [0.25, 0.3) is 11.1 Å². The molecule has 3 aliphatic rings. The van der Waals surface area contributed by atoms with Crippen molar-refractivity contribution in [3.05, 3.63) is 127 Å². The first-order valence-corrected chi connectivity index (χ1v) is 21.2. The Balaban J connectivity index is 1.34. The minimum Gasteiger partial charge on any atom is -0.460 e. The number of nitrogens with zero attached hydrogens (tertiary/aromatic N) is 1. The van der Waals surface area contributed by atoms with Crippen LogP contribution in [0.1, 0.15) is 63.4 Å². The Morgan fingerprint density at radius 2 is 1.64 bits per heavy atom. The van der Waals surface area contributed by atoms with E-state index in [9.17, 15) is 15.0 Å². The van der Waals surface area contributed by atoms with Gasteiger partial charge in [0.25, 0.3) is 0 Å². The summed E-state index contributed by atoms with van der Waals surface area (Å²) in [4.78, 5) is 18.3. The zero-order valence-corrected chi connectivity index (χ0v) is 34.2. The van der Waals surface area contributed by atoms with Crippen molar-refractivity contribution in [2.75, 3.05) is 32.2 Å². The quantitative estimate of drug-likeness (QED) is 0.0517. The minimum absolute atomic E-state index is 0.0667.